The third-order valence-corrected chi connectivity index (χ3v) is 6.25. The van der Waals surface area contributed by atoms with Crippen molar-refractivity contribution < 1.29 is 22.7 Å². The molecule has 7 nitrogen and oxygen atoms in total. The van der Waals surface area contributed by atoms with Gasteiger partial charge in [0.25, 0.3) is 5.91 Å². The maximum Gasteiger partial charge on any atom is 0.256 e. The average Bonchev–Trinajstić information content (AvgIpc) is 3.41. The molecule has 5 rings (SSSR count). The van der Waals surface area contributed by atoms with Crippen LogP contribution in [-0.4, -0.2) is 52.3 Å². The number of rotatable bonds is 3. The van der Waals surface area contributed by atoms with Crippen molar-refractivity contribution in [2.45, 2.75) is 18.8 Å². The quantitative estimate of drug-likeness (QED) is 0.638. The molecule has 1 unspecified atom stereocenters. The molecule has 9 heteroatoms. The summed E-state index contributed by atoms with van der Waals surface area (Å²) in [5.74, 6) is -1.35. The Morgan fingerprint density at radius 2 is 1.87 bits per heavy atom. The molecule has 1 spiro atoms. The summed E-state index contributed by atoms with van der Waals surface area (Å²) >= 11 is 0. The highest BCUT2D eigenvalue weighted by Crippen LogP contribution is 2.49. The number of carbonyl (C=O) groups excluding carboxylic acids is 1. The number of hydrogen-bond donors (Lipinski definition) is 0. The molecular formula is C22H20F2N4O3. The fourth-order valence-electron chi connectivity index (χ4n) is 4.57. The number of carbonyl (C=O) groups is 1. The zero-order chi connectivity index (χ0) is 21.4. The van der Waals surface area contributed by atoms with Gasteiger partial charge in [-0.3, -0.25) is 9.78 Å². The third kappa shape index (κ3) is 3.59. The maximum absolute atomic E-state index is 14.2. The Labute approximate surface area is 177 Å². The van der Waals surface area contributed by atoms with Crippen LogP contribution in [0, 0.1) is 17.0 Å². The van der Waals surface area contributed by atoms with Gasteiger partial charge in [0, 0.05) is 49.7 Å². The summed E-state index contributed by atoms with van der Waals surface area (Å²) in [6, 6.07) is 6.46. The largest absolute Gasteiger partial charge is 0.420 e. The Hall–Kier alpha value is -3.20. The lowest BCUT2D eigenvalue weighted by Crippen LogP contribution is -2.37. The molecular weight excluding hydrogens is 406 g/mol. The molecule has 3 aromatic rings. The minimum atomic E-state index is -0.742. The van der Waals surface area contributed by atoms with E-state index in [1.165, 1.54) is 0 Å². The zero-order valence-electron chi connectivity index (χ0n) is 16.6. The van der Waals surface area contributed by atoms with Crippen LogP contribution in [0.3, 0.4) is 0 Å². The van der Waals surface area contributed by atoms with E-state index < -0.39 is 17.5 Å². The Morgan fingerprint density at radius 1 is 1.10 bits per heavy atom. The van der Waals surface area contributed by atoms with E-state index in [1.54, 1.807) is 29.4 Å². The van der Waals surface area contributed by atoms with Crippen LogP contribution >= 0.6 is 0 Å². The highest BCUT2D eigenvalue weighted by Gasteiger charge is 2.51. The van der Waals surface area contributed by atoms with Crippen molar-refractivity contribution in [2.75, 3.05) is 26.3 Å². The summed E-state index contributed by atoms with van der Waals surface area (Å²) in [4.78, 5) is 18.6. The third-order valence-electron chi connectivity index (χ3n) is 6.25. The molecule has 2 aromatic heterocycles. The first kappa shape index (κ1) is 19.7. The molecule has 2 aliphatic heterocycles. The zero-order valence-corrected chi connectivity index (χ0v) is 16.6. The first-order valence-corrected chi connectivity index (χ1v) is 10.1. The molecule has 2 aliphatic rings. The summed E-state index contributed by atoms with van der Waals surface area (Å²) < 4.78 is 39.4. The van der Waals surface area contributed by atoms with Gasteiger partial charge in [-0.2, -0.15) is 0 Å². The second-order valence-electron chi connectivity index (χ2n) is 8.02. The van der Waals surface area contributed by atoms with E-state index in [-0.39, 0.29) is 23.4 Å². The van der Waals surface area contributed by atoms with Crippen LogP contribution in [0.25, 0.3) is 11.5 Å². The lowest BCUT2D eigenvalue weighted by molar-refractivity contribution is 0.00905. The van der Waals surface area contributed by atoms with E-state index in [1.807, 2.05) is 0 Å². The van der Waals surface area contributed by atoms with Crippen LogP contribution in [0.4, 0.5) is 8.78 Å². The van der Waals surface area contributed by atoms with Crippen molar-refractivity contribution in [1.29, 1.82) is 0 Å². The predicted molar refractivity (Wildman–Crippen MR) is 105 cm³/mol. The molecule has 2 fully saturated rings. The van der Waals surface area contributed by atoms with E-state index in [9.17, 15) is 13.6 Å². The number of halogens is 2. The number of ether oxygens (including phenoxy) is 1. The van der Waals surface area contributed by atoms with Crippen molar-refractivity contribution in [3.63, 3.8) is 0 Å². The number of amides is 1. The summed E-state index contributed by atoms with van der Waals surface area (Å²) in [5.41, 5.74) is 0.160. The van der Waals surface area contributed by atoms with Crippen LogP contribution in [0.1, 0.15) is 35.0 Å². The number of likely N-dealkylation sites (tertiary alicyclic amines) is 1. The van der Waals surface area contributed by atoms with Gasteiger partial charge in [0.05, 0.1) is 11.5 Å². The van der Waals surface area contributed by atoms with Gasteiger partial charge in [-0.1, -0.05) is 0 Å². The SMILES string of the molecule is O=C(c1cc(F)ccc1F)N1CC(c2nnc(-c3ccncc3)o2)C2(CCOCC2)C1. The first-order valence-electron chi connectivity index (χ1n) is 10.1. The molecule has 31 heavy (non-hydrogen) atoms. The molecule has 0 N–H and O–H groups in total. The number of benzene rings is 1. The van der Waals surface area contributed by atoms with E-state index in [4.69, 9.17) is 9.15 Å². The lowest BCUT2D eigenvalue weighted by atomic mass is 9.72. The topological polar surface area (TPSA) is 81.4 Å². The minimum absolute atomic E-state index is 0.222. The molecule has 0 radical (unpaired) electrons. The van der Waals surface area contributed by atoms with E-state index in [0.717, 1.165) is 23.8 Å². The average molecular weight is 426 g/mol. The second kappa shape index (κ2) is 7.81. The van der Waals surface area contributed by atoms with Gasteiger partial charge < -0.3 is 14.1 Å². The summed E-state index contributed by atoms with van der Waals surface area (Å²) in [6.07, 6.45) is 4.70. The second-order valence-corrected chi connectivity index (χ2v) is 8.02. The van der Waals surface area contributed by atoms with Crippen LogP contribution in [0.2, 0.25) is 0 Å². The van der Waals surface area contributed by atoms with Crippen LogP contribution < -0.4 is 0 Å². The predicted octanol–water partition coefficient (Wildman–Crippen LogP) is 3.45. The Bertz CT molecular complexity index is 1100. The smallest absolute Gasteiger partial charge is 0.256 e. The van der Waals surface area contributed by atoms with Crippen LogP contribution in [0.15, 0.2) is 47.1 Å². The van der Waals surface area contributed by atoms with Gasteiger partial charge in [-0.25, -0.2) is 8.78 Å². The molecule has 1 amide bonds. The fourth-order valence-corrected chi connectivity index (χ4v) is 4.57. The van der Waals surface area contributed by atoms with Crippen LogP contribution in [-0.2, 0) is 4.74 Å². The molecule has 0 saturated carbocycles. The Kier molecular flexibility index (Phi) is 4.97. The standard InChI is InChI=1S/C22H20F2N4O3/c23-15-1-2-18(24)16(11-15)21(29)28-12-17(22(13-28)5-9-30-10-6-22)20-27-26-19(31-20)14-3-7-25-8-4-14/h1-4,7-8,11,17H,5-6,9-10,12-13H2. The molecule has 0 bridgehead atoms. The van der Waals surface area contributed by atoms with Gasteiger partial charge in [0.15, 0.2) is 0 Å². The molecule has 1 aromatic carbocycles. The van der Waals surface area contributed by atoms with Crippen LogP contribution in [0.5, 0.6) is 0 Å². The fraction of sp³-hybridized carbons (Fsp3) is 0.364. The van der Waals surface area contributed by atoms with Gasteiger partial charge in [-0.15, -0.1) is 10.2 Å². The first-order chi connectivity index (χ1) is 15.1. The van der Waals surface area contributed by atoms with E-state index >= 15 is 0 Å². The Balaban J connectivity index is 1.47. The van der Waals surface area contributed by atoms with E-state index in [2.05, 4.69) is 15.2 Å². The molecule has 4 heterocycles. The minimum Gasteiger partial charge on any atom is -0.420 e. The van der Waals surface area contributed by atoms with E-state index in [0.29, 0.717) is 44.4 Å². The van der Waals surface area contributed by atoms with Crippen molar-refractivity contribution in [3.8, 4) is 11.5 Å². The normalized spacial score (nSPS) is 20.3. The number of aromatic nitrogens is 3. The monoisotopic (exact) mass is 426 g/mol. The number of hydrogen-bond acceptors (Lipinski definition) is 6. The molecule has 160 valence electrons. The summed E-state index contributed by atoms with van der Waals surface area (Å²) in [5, 5.41) is 8.45. The van der Waals surface area contributed by atoms with Crippen molar-refractivity contribution in [2.24, 2.45) is 5.41 Å². The van der Waals surface area contributed by atoms with Gasteiger partial charge in [0.2, 0.25) is 11.8 Å². The van der Waals surface area contributed by atoms with Crippen molar-refractivity contribution in [3.05, 3.63) is 65.8 Å². The lowest BCUT2D eigenvalue weighted by Gasteiger charge is -2.36. The number of nitrogens with zero attached hydrogens (tertiary/aromatic N) is 4. The van der Waals surface area contributed by atoms with Gasteiger partial charge >= 0.3 is 0 Å². The van der Waals surface area contributed by atoms with Crippen molar-refractivity contribution in [1.82, 2.24) is 20.1 Å². The molecule has 2 saturated heterocycles. The molecule has 1 atom stereocenters. The summed E-state index contributed by atoms with van der Waals surface area (Å²) in [6.45, 7) is 1.78. The Morgan fingerprint density at radius 3 is 2.65 bits per heavy atom. The van der Waals surface area contributed by atoms with Crippen molar-refractivity contribution >= 4 is 5.91 Å². The highest BCUT2D eigenvalue weighted by molar-refractivity contribution is 5.94. The highest BCUT2D eigenvalue weighted by atomic mass is 19.1. The molecule has 0 aliphatic carbocycles. The maximum atomic E-state index is 14.2. The number of pyridine rings is 1. The summed E-state index contributed by atoms with van der Waals surface area (Å²) in [7, 11) is 0. The van der Waals surface area contributed by atoms with Gasteiger partial charge in [0.1, 0.15) is 11.6 Å². The van der Waals surface area contributed by atoms with Gasteiger partial charge in [-0.05, 0) is 43.2 Å².